The molecule has 0 radical (unpaired) electrons. The number of hydrogen-bond acceptors (Lipinski definition) is 7. The summed E-state index contributed by atoms with van der Waals surface area (Å²) >= 11 is 0. The van der Waals surface area contributed by atoms with E-state index in [4.69, 9.17) is 9.47 Å². The highest BCUT2D eigenvalue weighted by molar-refractivity contribution is 6.13. The summed E-state index contributed by atoms with van der Waals surface area (Å²) in [4.78, 5) is 30.3. The Hall–Kier alpha value is -5.23. The van der Waals surface area contributed by atoms with Crippen molar-refractivity contribution in [3.8, 4) is 22.9 Å². The number of anilines is 2. The van der Waals surface area contributed by atoms with Crippen molar-refractivity contribution in [3.63, 3.8) is 0 Å². The maximum absolute atomic E-state index is 14.1. The monoisotopic (exact) mass is 616 g/mol. The zero-order valence-corrected chi connectivity index (χ0v) is 25.4. The number of carbonyl (C=O) groups excluding carboxylic acids is 2. The lowest BCUT2D eigenvalue weighted by Crippen LogP contribution is -2.30. The molecule has 5 aromatic rings. The minimum absolute atomic E-state index is 0.120. The first-order valence-electron chi connectivity index (χ1n) is 14.4. The van der Waals surface area contributed by atoms with Gasteiger partial charge >= 0.3 is 0 Å². The summed E-state index contributed by atoms with van der Waals surface area (Å²) in [5.41, 5.74) is 3.07. The standard InChI is InChI=1S/C33H34F2N6O4/c1-20-13-23(9-10-29(20)45-30-8-6-5-7-25(30)35)41-33(37-4)24(17-38-41)32(43)27-14-22-15-31(44-18-21(2)34)28(16-26(22)39-27)40(19-42)12-11-36-3/h5-10,13-17,19,21,36-37,39H,11-12,18H2,1-4H3. The van der Waals surface area contributed by atoms with E-state index >= 15 is 0 Å². The summed E-state index contributed by atoms with van der Waals surface area (Å²) in [5, 5.41) is 11.2. The number of aromatic amines is 1. The van der Waals surface area contributed by atoms with Crippen LogP contribution in [0.2, 0.25) is 0 Å². The number of nitrogens with one attached hydrogen (secondary N) is 3. The van der Waals surface area contributed by atoms with E-state index in [2.05, 4.69) is 20.7 Å². The Morgan fingerprint density at radius 1 is 1.11 bits per heavy atom. The van der Waals surface area contributed by atoms with Crippen LogP contribution in [0, 0.1) is 12.7 Å². The van der Waals surface area contributed by atoms with Gasteiger partial charge in [0.05, 0.1) is 28.8 Å². The van der Waals surface area contributed by atoms with Gasteiger partial charge in [0, 0.05) is 31.0 Å². The molecule has 1 atom stereocenters. The zero-order chi connectivity index (χ0) is 32.1. The van der Waals surface area contributed by atoms with Crippen molar-refractivity contribution in [2.24, 2.45) is 0 Å². The van der Waals surface area contributed by atoms with E-state index in [9.17, 15) is 18.4 Å². The fourth-order valence-corrected chi connectivity index (χ4v) is 4.90. The molecule has 45 heavy (non-hydrogen) atoms. The number of alkyl halides is 1. The average molecular weight is 617 g/mol. The smallest absolute Gasteiger partial charge is 0.214 e. The highest BCUT2D eigenvalue weighted by atomic mass is 19.1. The van der Waals surface area contributed by atoms with Gasteiger partial charge in [-0.05, 0) is 75.0 Å². The summed E-state index contributed by atoms with van der Waals surface area (Å²) in [5.74, 6) is 0.612. The number of H-pyrrole nitrogens is 1. The molecular formula is C33H34F2N6O4. The Morgan fingerprint density at radius 2 is 1.91 bits per heavy atom. The fourth-order valence-electron chi connectivity index (χ4n) is 4.90. The van der Waals surface area contributed by atoms with Gasteiger partial charge in [-0.3, -0.25) is 9.59 Å². The molecule has 1 amide bonds. The Kier molecular flexibility index (Phi) is 9.43. The van der Waals surface area contributed by atoms with Gasteiger partial charge in [-0.15, -0.1) is 0 Å². The van der Waals surface area contributed by atoms with Crippen LogP contribution in [0.15, 0.2) is 66.9 Å². The summed E-state index contributed by atoms with van der Waals surface area (Å²) < 4.78 is 40.9. The summed E-state index contributed by atoms with van der Waals surface area (Å²) in [7, 11) is 3.47. The Morgan fingerprint density at radius 3 is 2.60 bits per heavy atom. The molecule has 0 aliphatic carbocycles. The molecule has 12 heteroatoms. The first-order valence-corrected chi connectivity index (χ1v) is 14.4. The number of ketones is 1. The lowest BCUT2D eigenvalue weighted by Gasteiger charge is -2.21. The number of ether oxygens (including phenoxy) is 2. The van der Waals surface area contributed by atoms with Crippen LogP contribution in [-0.2, 0) is 4.79 Å². The third-order valence-corrected chi connectivity index (χ3v) is 7.16. The predicted octanol–water partition coefficient (Wildman–Crippen LogP) is 5.79. The lowest BCUT2D eigenvalue weighted by molar-refractivity contribution is -0.107. The number of halogens is 2. The van der Waals surface area contributed by atoms with E-state index in [0.29, 0.717) is 70.4 Å². The number of hydrogen-bond donors (Lipinski definition) is 3. The van der Waals surface area contributed by atoms with Gasteiger partial charge in [0.15, 0.2) is 11.6 Å². The van der Waals surface area contributed by atoms with Gasteiger partial charge in [0.2, 0.25) is 12.2 Å². The second-order valence-electron chi connectivity index (χ2n) is 10.5. The van der Waals surface area contributed by atoms with Crippen LogP contribution in [0.1, 0.15) is 28.5 Å². The second-order valence-corrected chi connectivity index (χ2v) is 10.5. The summed E-state index contributed by atoms with van der Waals surface area (Å²) in [6.45, 7) is 3.93. The van der Waals surface area contributed by atoms with Crippen LogP contribution in [0.3, 0.4) is 0 Å². The summed E-state index contributed by atoms with van der Waals surface area (Å²) in [6, 6.07) is 16.6. The van der Waals surface area contributed by atoms with Gasteiger partial charge in [-0.2, -0.15) is 5.10 Å². The number of benzene rings is 3. The quantitative estimate of drug-likeness (QED) is 0.107. The Labute approximate surface area is 258 Å². The van der Waals surface area contributed by atoms with Crippen molar-refractivity contribution in [1.29, 1.82) is 0 Å². The minimum Gasteiger partial charge on any atom is -0.488 e. The molecule has 2 aromatic heterocycles. The number of rotatable bonds is 14. The average Bonchev–Trinajstić information content (AvgIpc) is 3.66. The normalized spacial score (nSPS) is 11.8. The predicted molar refractivity (Wildman–Crippen MR) is 169 cm³/mol. The van der Waals surface area contributed by atoms with Crippen LogP contribution < -0.4 is 25.0 Å². The zero-order valence-electron chi connectivity index (χ0n) is 25.4. The number of fused-ring (bicyclic) bond motifs is 1. The molecule has 0 aliphatic rings. The number of para-hydroxylation sites is 1. The highest BCUT2D eigenvalue weighted by Gasteiger charge is 2.23. The van der Waals surface area contributed by atoms with Crippen molar-refractivity contribution >= 4 is 34.6 Å². The van der Waals surface area contributed by atoms with E-state index in [1.807, 2.05) is 13.0 Å². The van der Waals surface area contributed by atoms with Crippen molar-refractivity contribution in [2.75, 3.05) is 44.0 Å². The van der Waals surface area contributed by atoms with Gasteiger partial charge in [-0.25, -0.2) is 13.5 Å². The lowest BCUT2D eigenvalue weighted by atomic mass is 10.1. The van der Waals surface area contributed by atoms with Crippen LogP contribution in [-0.4, -0.2) is 66.9 Å². The van der Waals surface area contributed by atoms with E-state index in [1.54, 1.807) is 67.3 Å². The van der Waals surface area contributed by atoms with Crippen molar-refractivity contribution < 1.29 is 27.8 Å². The van der Waals surface area contributed by atoms with E-state index in [-0.39, 0.29) is 18.1 Å². The highest BCUT2D eigenvalue weighted by Crippen LogP contribution is 2.35. The van der Waals surface area contributed by atoms with E-state index < -0.39 is 12.0 Å². The van der Waals surface area contributed by atoms with E-state index in [0.717, 1.165) is 5.56 Å². The summed E-state index contributed by atoms with van der Waals surface area (Å²) in [6.07, 6.45) is 0.954. The van der Waals surface area contributed by atoms with Crippen molar-refractivity contribution in [1.82, 2.24) is 20.1 Å². The third-order valence-electron chi connectivity index (χ3n) is 7.16. The minimum atomic E-state index is -1.21. The van der Waals surface area contributed by atoms with Crippen LogP contribution >= 0.6 is 0 Å². The van der Waals surface area contributed by atoms with Crippen LogP contribution in [0.25, 0.3) is 16.6 Å². The molecule has 1 unspecified atom stereocenters. The molecule has 5 rings (SSSR count). The molecule has 3 aromatic carbocycles. The number of amides is 1. The molecule has 0 aliphatic heterocycles. The largest absolute Gasteiger partial charge is 0.488 e. The van der Waals surface area contributed by atoms with Gasteiger partial charge in [0.25, 0.3) is 0 Å². The number of likely N-dealkylation sites (N-methyl/N-ethyl adjacent to an activating group) is 1. The molecule has 0 bridgehead atoms. The number of aryl methyl sites for hydroxylation is 1. The first-order chi connectivity index (χ1) is 21.7. The molecule has 0 spiro atoms. The van der Waals surface area contributed by atoms with Gasteiger partial charge in [0.1, 0.15) is 30.1 Å². The van der Waals surface area contributed by atoms with Crippen molar-refractivity contribution in [2.45, 2.75) is 20.0 Å². The molecule has 3 N–H and O–H groups in total. The topological polar surface area (TPSA) is 114 Å². The third kappa shape index (κ3) is 6.65. The first kappa shape index (κ1) is 31.2. The molecule has 0 saturated carbocycles. The molecule has 2 heterocycles. The van der Waals surface area contributed by atoms with Crippen LogP contribution in [0.5, 0.6) is 17.2 Å². The maximum atomic E-state index is 14.1. The molecule has 234 valence electrons. The second kappa shape index (κ2) is 13.6. The molecule has 10 nitrogen and oxygen atoms in total. The fraction of sp³-hybridized carbons (Fsp3) is 0.242. The van der Waals surface area contributed by atoms with Crippen molar-refractivity contribution in [3.05, 3.63) is 89.5 Å². The SMILES string of the molecule is CNCCN(C=O)c1cc2[nH]c(C(=O)c3cnn(-c4ccc(Oc5ccccc5F)c(C)c4)c3NC)cc2cc1OCC(C)F. The molecule has 0 saturated heterocycles. The molecular weight excluding hydrogens is 582 g/mol. The Bertz CT molecular complexity index is 1830. The number of nitrogens with zero attached hydrogens (tertiary/aromatic N) is 3. The van der Waals surface area contributed by atoms with E-state index in [1.165, 1.54) is 24.1 Å². The maximum Gasteiger partial charge on any atom is 0.214 e. The van der Waals surface area contributed by atoms with Gasteiger partial charge in [-0.1, -0.05) is 12.1 Å². The Balaban J connectivity index is 1.46. The van der Waals surface area contributed by atoms with Crippen LogP contribution in [0.4, 0.5) is 20.3 Å². The molecule has 0 fully saturated rings. The number of carbonyl (C=O) groups is 2. The van der Waals surface area contributed by atoms with Gasteiger partial charge < -0.3 is 30.0 Å². The number of aromatic nitrogens is 3.